The van der Waals surface area contributed by atoms with Crippen LogP contribution in [0.2, 0.25) is 0 Å². The van der Waals surface area contributed by atoms with E-state index in [0.29, 0.717) is 0 Å². The molecule has 1 heterocycles. The fourth-order valence-corrected chi connectivity index (χ4v) is 2.29. The van der Waals surface area contributed by atoms with Gasteiger partial charge in [-0.15, -0.1) is 0 Å². The Kier molecular flexibility index (Phi) is 4.70. The summed E-state index contributed by atoms with van der Waals surface area (Å²) in [7, 11) is 0. The van der Waals surface area contributed by atoms with Crippen molar-refractivity contribution in [1.82, 2.24) is 15.4 Å². The van der Waals surface area contributed by atoms with Crippen LogP contribution in [0.3, 0.4) is 0 Å². The van der Waals surface area contributed by atoms with E-state index in [4.69, 9.17) is 5.84 Å². The average molecular weight is 284 g/mol. The van der Waals surface area contributed by atoms with Crippen molar-refractivity contribution in [3.63, 3.8) is 0 Å². The molecular weight excluding hydrogens is 260 g/mol. The van der Waals surface area contributed by atoms with Crippen molar-refractivity contribution in [2.24, 2.45) is 5.84 Å². The molecule has 0 aliphatic rings. The molecule has 21 heavy (non-hydrogen) atoms. The zero-order valence-corrected chi connectivity index (χ0v) is 13.2. The van der Waals surface area contributed by atoms with Crippen LogP contribution in [0.4, 0.5) is 0 Å². The van der Waals surface area contributed by atoms with Gasteiger partial charge in [-0.25, -0.2) is 9.97 Å². The number of benzene rings is 1. The van der Waals surface area contributed by atoms with E-state index in [0.717, 1.165) is 17.9 Å². The zero-order chi connectivity index (χ0) is 15.5. The molecule has 2 rings (SSSR count). The SMILES string of the molecule is Cc1nccc(C(Cc2ccc(C(C)(C)C)cc2)NN)n1. The van der Waals surface area contributed by atoms with Crippen molar-refractivity contribution in [1.29, 1.82) is 0 Å². The van der Waals surface area contributed by atoms with Gasteiger partial charge in [-0.05, 0) is 36.0 Å². The van der Waals surface area contributed by atoms with E-state index >= 15 is 0 Å². The van der Waals surface area contributed by atoms with Gasteiger partial charge in [0, 0.05) is 6.20 Å². The highest BCUT2D eigenvalue weighted by atomic mass is 15.2. The largest absolute Gasteiger partial charge is 0.271 e. The molecule has 112 valence electrons. The van der Waals surface area contributed by atoms with Gasteiger partial charge >= 0.3 is 0 Å². The topological polar surface area (TPSA) is 63.8 Å². The standard InChI is InChI=1S/C17H24N4/c1-12-19-10-9-15(20-12)16(21-18)11-13-5-7-14(8-6-13)17(2,3)4/h5-10,16,21H,11,18H2,1-4H3. The lowest BCUT2D eigenvalue weighted by Crippen LogP contribution is -2.30. The van der Waals surface area contributed by atoms with Crippen LogP contribution in [0.1, 0.15) is 49.5 Å². The van der Waals surface area contributed by atoms with Gasteiger partial charge < -0.3 is 0 Å². The van der Waals surface area contributed by atoms with Crippen molar-refractivity contribution in [2.75, 3.05) is 0 Å². The smallest absolute Gasteiger partial charge is 0.125 e. The molecule has 1 atom stereocenters. The van der Waals surface area contributed by atoms with Gasteiger partial charge in [-0.2, -0.15) is 0 Å². The molecule has 0 saturated carbocycles. The summed E-state index contributed by atoms with van der Waals surface area (Å²) >= 11 is 0. The molecule has 2 aromatic rings. The summed E-state index contributed by atoms with van der Waals surface area (Å²) < 4.78 is 0. The Balaban J connectivity index is 2.15. The van der Waals surface area contributed by atoms with E-state index < -0.39 is 0 Å². The Morgan fingerprint density at radius 1 is 1.14 bits per heavy atom. The van der Waals surface area contributed by atoms with Crippen molar-refractivity contribution in [3.05, 3.63) is 59.2 Å². The second kappa shape index (κ2) is 6.33. The number of aryl methyl sites for hydroxylation is 1. The van der Waals surface area contributed by atoms with Crippen LogP contribution in [-0.2, 0) is 11.8 Å². The van der Waals surface area contributed by atoms with Gasteiger partial charge in [0.15, 0.2) is 0 Å². The molecule has 0 radical (unpaired) electrons. The van der Waals surface area contributed by atoms with Crippen LogP contribution < -0.4 is 11.3 Å². The number of rotatable bonds is 4. The third-order valence-electron chi connectivity index (χ3n) is 3.62. The number of hydrogen-bond donors (Lipinski definition) is 2. The minimum atomic E-state index is -0.00723. The fraction of sp³-hybridized carbons (Fsp3) is 0.412. The Labute approximate surface area is 126 Å². The molecular formula is C17H24N4. The molecule has 0 bridgehead atoms. The minimum absolute atomic E-state index is 0.00723. The summed E-state index contributed by atoms with van der Waals surface area (Å²) in [6.07, 6.45) is 2.57. The van der Waals surface area contributed by atoms with Crippen LogP contribution in [0.5, 0.6) is 0 Å². The predicted molar refractivity (Wildman–Crippen MR) is 85.7 cm³/mol. The number of nitrogens with one attached hydrogen (secondary N) is 1. The van der Waals surface area contributed by atoms with E-state index in [2.05, 4.69) is 60.4 Å². The molecule has 4 nitrogen and oxygen atoms in total. The van der Waals surface area contributed by atoms with Gasteiger partial charge in [-0.1, -0.05) is 45.0 Å². The third kappa shape index (κ3) is 4.09. The van der Waals surface area contributed by atoms with Crippen molar-refractivity contribution < 1.29 is 0 Å². The first-order valence-corrected chi connectivity index (χ1v) is 7.25. The number of hydrazine groups is 1. The number of nitrogens with two attached hydrogens (primary N) is 1. The highest BCUT2D eigenvalue weighted by Crippen LogP contribution is 2.23. The molecule has 0 saturated heterocycles. The van der Waals surface area contributed by atoms with Gasteiger partial charge in [0.05, 0.1) is 11.7 Å². The van der Waals surface area contributed by atoms with E-state index in [1.807, 2.05) is 13.0 Å². The number of nitrogens with zero attached hydrogens (tertiary/aromatic N) is 2. The molecule has 3 N–H and O–H groups in total. The van der Waals surface area contributed by atoms with Crippen LogP contribution >= 0.6 is 0 Å². The Bertz CT molecular complexity index is 584. The molecule has 1 unspecified atom stereocenters. The fourth-order valence-electron chi connectivity index (χ4n) is 2.29. The van der Waals surface area contributed by atoms with Gasteiger partial charge in [0.1, 0.15) is 5.82 Å². The quantitative estimate of drug-likeness (QED) is 0.669. The highest BCUT2D eigenvalue weighted by molar-refractivity contribution is 5.28. The van der Waals surface area contributed by atoms with Crippen LogP contribution in [-0.4, -0.2) is 9.97 Å². The molecule has 0 fully saturated rings. The van der Waals surface area contributed by atoms with E-state index in [-0.39, 0.29) is 11.5 Å². The van der Waals surface area contributed by atoms with E-state index in [1.54, 1.807) is 6.20 Å². The predicted octanol–water partition coefficient (Wildman–Crippen LogP) is 2.83. The van der Waals surface area contributed by atoms with Crippen molar-refractivity contribution in [2.45, 2.75) is 45.6 Å². The molecule has 0 aliphatic carbocycles. The first-order chi connectivity index (χ1) is 9.90. The van der Waals surface area contributed by atoms with Crippen molar-refractivity contribution in [3.8, 4) is 0 Å². The van der Waals surface area contributed by atoms with Crippen LogP contribution in [0.15, 0.2) is 36.5 Å². The summed E-state index contributed by atoms with van der Waals surface area (Å²) in [5.74, 6) is 6.45. The monoisotopic (exact) mass is 284 g/mol. The second-order valence-electron chi connectivity index (χ2n) is 6.40. The lowest BCUT2D eigenvalue weighted by Gasteiger charge is -2.20. The van der Waals surface area contributed by atoms with Crippen molar-refractivity contribution >= 4 is 0 Å². The second-order valence-corrected chi connectivity index (χ2v) is 6.40. The number of hydrogen-bond acceptors (Lipinski definition) is 4. The Hall–Kier alpha value is -1.78. The third-order valence-corrected chi connectivity index (χ3v) is 3.62. The van der Waals surface area contributed by atoms with Crippen LogP contribution in [0.25, 0.3) is 0 Å². The highest BCUT2D eigenvalue weighted by Gasteiger charge is 2.15. The summed E-state index contributed by atoms with van der Waals surface area (Å²) in [5.41, 5.74) is 6.52. The summed E-state index contributed by atoms with van der Waals surface area (Å²) in [4.78, 5) is 8.57. The van der Waals surface area contributed by atoms with Gasteiger partial charge in [0.2, 0.25) is 0 Å². The maximum absolute atomic E-state index is 5.69. The molecule has 0 aliphatic heterocycles. The van der Waals surface area contributed by atoms with E-state index in [1.165, 1.54) is 11.1 Å². The first kappa shape index (κ1) is 15.6. The Morgan fingerprint density at radius 2 is 1.81 bits per heavy atom. The number of aromatic nitrogens is 2. The molecule has 1 aromatic carbocycles. The molecule has 0 amide bonds. The van der Waals surface area contributed by atoms with Gasteiger partial charge in [0.25, 0.3) is 0 Å². The van der Waals surface area contributed by atoms with E-state index in [9.17, 15) is 0 Å². The normalized spacial score (nSPS) is 13.2. The summed E-state index contributed by atoms with van der Waals surface area (Å²) in [6, 6.07) is 10.6. The molecule has 1 aromatic heterocycles. The minimum Gasteiger partial charge on any atom is -0.271 e. The molecule has 4 heteroatoms. The lowest BCUT2D eigenvalue weighted by atomic mass is 9.86. The zero-order valence-electron chi connectivity index (χ0n) is 13.2. The lowest BCUT2D eigenvalue weighted by molar-refractivity contribution is 0.535. The van der Waals surface area contributed by atoms with Gasteiger partial charge in [-0.3, -0.25) is 11.3 Å². The summed E-state index contributed by atoms with van der Waals surface area (Å²) in [5, 5.41) is 0. The first-order valence-electron chi connectivity index (χ1n) is 7.25. The maximum atomic E-state index is 5.69. The Morgan fingerprint density at radius 3 is 2.33 bits per heavy atom. The summed E-state index contributed by atoms with van der Waals surface area (Å²) in [6.45, 7) is 8.54. The molecule has 0 spiro atoms. The average Bonchev–Trinajstić information content (AvgIpc) is 2.44. The van der Waals surface area contributed by atoms with Crippen LogP contribution in [0, 0.1) is 6.92 Å². The maximum Gasteiger partial charge on any atom is 0.125 e.